The molecule has 0 aliphatic carbocycles. The molecule has 0 fully saturated rings. The Kier molecular flexibility index (Phi) is 5.71. The molecule has 2 N–H and O–H groups in total. The number of benzene rings is 1. The Labute approximate surface area is 154 Å². The summed E-state index contributed by atoms with van der Waals surface area (Å²) in [4.78, 5) is 27.0. The summed E-state index contributed by atoms with van der Waals surface area (Å²) in [5, 5.41) is 4.04. The van der Waals surface area contributed by atoms with E-state index in [-0.39, 0.29) is 11.5 Å². The van der Waals surface area contributed by atoms with Crippen molar-refractivity contribution < 1.29 is 4.79 Å². The molecule has 0 atom stereocenters. The SMILES string of the molecule is O=C(Cc1c[nH]c2ccccc12)NCCCCn1cc(Br)ccc1=O. The van der Waals surface area contributed by atoms with Crippen molar-refractivity contribution in [1.82, 2.24) is 14.9 Å². The van der Waals surface area contributed by atoms with Gasteiger partial charge in [-0.05, 0) is 46.5 Å². The summed E-state index contributed by atoms with van der Waals surface area (Å²) in [6.45, 7) is 1.26. The summed E-state index contributed by atoms with van der Waals surface area (Å²) in [7, 11) is 0. The minimum absolute atomic E-state index is 0.00780. The number of amides is 1. The normalized spacial score (nSPS) is 10.9. The van der Waals surface area contributed by atoms with E-state index < -0.39 is 0 Å². The molecule has 0 unspecified atom stereocenters. The van der Waals surface area contributed by atoms with Crippen molar-refractivity contribution in [3.63, 3.8) is 0 Å². The molecule has 2 heterocycles. The second kappa shape index (κ2) is 8.16. The molecular weight excluding hydrogens is 382 g/mol. The molecule has 6 heteroatoms. The van der Waals surface area contributed by atoms with Gasteiger partial charge in [0, 0.05) is 46.9 Å². The van der Waals surface area contributed by atoms with E-state index in [4.69, 9.17) is 0 Å². The van der Waals surface area contributed by atoms with Gasteiger partial charge < -0.3 is 14.9 Å². The number of aromatic amines is 1. The van der Waals surface area contributed by atoms with Crippen LogP contribution in [-0.4, -0.2) is 22.0 Å². The molecule has 0 aliphatic rings. The zero-order valence-corrected chi connectivity index (χ0v) is 15.4. The third kappa shape index (κ3) is 4.60. The summed E-state index contributed by atoms with van der Waals surface area (Å²) in [5.41, 5.74) is 2.05. The van der Waals surface area contributed by atoms with E-state index in [0.717, 1.165) is 33.8 Å². The minimum atomic E-state index is -0.00780. The van der Waals surface area contributed by atoms with Crippen molar-refractivity contribution in [3.8, 4) is 0 Å². The third-order valence-electron chi connectivity index (χ3n) is 4.12. The molecule has 25 heavy (non-hydrogen) atoms. The number of aromatic nitrogens is 2. The van der Waals surface area contributed by atoms with Crippen LogP contribution in [0.2, 0.25) is 0 Å². The molecule has 0 saturated carbocycles. The number of unbranched alkanes of at least 4 members (excludes halogenated alkanes) is 1. The molecule has 3 rings (SSSR count). The first-order chi connectivity index (χ1) is 12.1. The molecule has 1 aromatic carbocycles. The van der Waals surface area contributed by atoms with Crippen LogP contribution in [0.5, 0.6) is 0 Å². The van der Waals surface area contributed by atoms with Gasteiger partial charge >= 0.3 is 0 Å². The number of fused-ring (bicyclic) bond motifs is 1. The zero-order chi connectivity index (χ0) is 17.6. The second-order valence-corrected chi connectivity index (χ2v) is 6.89. The summed E-state index contributed by atoms with van der Waals surface area (Å²) >= 11 is 3.36. The predicted octanol–water partition coefficient (Wildman–Crippen LogP) is 3.23. The van der Waals surface area contributed by atoms with Crippen LogP contribution in [0.4, 0.5) is 0 Å². The van der Waals surface area contributed by atoms with E-state index >= 15 is 0 Å². The molecule has 0 radical (unpaired) electrons. The highest BCUT2D eigenvalue weighted by Gasteiger charge is 2.08. The highest BCUT2D eigenvalue weighted by molar-refractivity contribution is 9.10. The van der Waals surface area contributed by atoms with Crippen LogP contribution in [0.15, 0.2) is 58.1 Å². The zero-order valence-electron chi connectivity index (χ0n) is 13.8. The van der Waals surface area contributed by atoms with Crippen LogP contribution in [-0.2, 0) is 17.8 Å². The average molecular weight is 402 g/mol. The van der Waals surface area contributed by atoms with Crippen LogP contribution in [0.25, 0.3) is 10.9 Å². The number of nitrogens with one attached hydrogen (secondary N) is 2. The molecule has 0 bridgehead atoms. The lowest BCUT2D eigenvalue weighted by molar-refractivity contribution is -0.120. The van der Waals surface area contributed by atoms with Crippen molar-refractivity contribution in [2.24, 2.45) is 0 Å². The lowest BCUT2D eigenvalue weighted by Crippen LogP contribution is -2.26. The summed E-state index contributed by atoms with van der Waals surface area (Å²) in [6.07, 6.45) is 5.72. The van der Waals surface area contributed by atoms with Crippen molar-refractivity contribution in [2.75, 3.05) is 6.54 Å². The fraction of sp³-hybridized carbons (Fsp3) is 0.263. The number of pyridine rings is 1. The molecule has 2 aromatic heterocycles. The number of H-pyrrole nitrogens is 1. The van der Waals surface area contributed by atoms with E-state index in [1.165, 1.54) is 0 Å². The topological polar surface area (TPSA) is 66.9 Å². The van der Waals surface area contributed by atoms with Gasteiger partial charge in [0.05, 0.1) is 6.42 Å². The molecule has 0 spiro atoms. The Morgan fingerprint density at radius 1 is 1.16 bits per heavy atom. The van der Waals surface area contributed by atoms with Crippen LogP contribution in [0.1, 0.15) is 18.4 Å². The van der Waals surface area contributed by atoms with Gasteiger partial charge in [0.15, 0.2) is 0 Å². The molecular formula is C19H20BrN3O2. The van der Waals surface area contributed by atoms with Gasteiger partial charge in [-0.25, -0.2) is 0 Å². The quantitative estimate of drug-likeness (QED) is 0.596. The number of halogens is 1. The number of rotatable bonds is 7. The fourth-order valence-electron chi connectivity index (χ4n) is 2.83. The summed E-state index contributed by atoms with van der Waals surface area (Å²) in [6, 6.07) is 11.3. The monoisotopic (exact) mass is 401 g/mol. The van der Waals surface area contributed by atoms with Crippen LogP contribution in [0, 0.1) is 0 Å². The van der Waals surface area contributed by atoms with Crippen molar-refractivity contribution in [3.05, 3.63) is 69.2 Å². The lowest BCUT2D eigenvalue weighted by atomic mass is 10.1. The van der Waals surface area contributed by atoms with E-state index in [1.54, 1.807) is 22.9 Å². The number of carbonyl (C=O) groups is 1. The lowest BCUT2D eigenvalue weighted by Gasteiger charge is -2.07. The first-order valence-electron chi connectivity index (χ1n) is 8.31. The summed E-state index contributed by atoms with van der Waals surface area (Å²) < 4.78 is 2.57. The van der Waals surface area contributed by atoms with Gasteiger partial charge in [-0.2, -0.15) is 0 Å². The Hall–Kier alpha value is -2.34. The number of hydrogen-bond acceptors (Lipinski definition) is 2. The molecule has 5 nitrogen and oxygen atoms in total. The first-order valence-corrected chi connectivity index (χ1v) is 9.10. The smallest absolute Gasteiger partial charge is 0.250 e. The molecule has 3 aromatic rings. The van der Waals surface area contributed by atoms with Crippen LogP contribution in [0.3, 0.4) is 0 Å². The predicted molar refractivity (Wildman–Crippen MR) is 103 cm³/mol. The Bertz CT molecular complexity index is 930. The maximum atomic E-state index is 12.1. The summed E-state index contributed by atoms with van der Waals surface area (Å²) in [5.74, 6) is 0.0179. The Balaban J connectivity index is 1.42. The standard InChI is InChI=1S/C19H20BrN3O2/c20-15-7-8-19(25)23(13-15)10-4-3-9-21-18(24)11-14-12-22-17-6-2-1-5-16(14)17/h1-2,5-8,12-13,22H,3-4,9-11H2,(H,21,24). The van der Waals surface area contributed by atoms with Crippen LogP contribution >= 0.6 is 15.9 Å². The Morgan fingerprint density at radius 2 is 2.00 bits per heavy atom. The van der Waals surface area contributed by atoms with Crippen molar-refractivity contribution in [1.29, 1.82) is 0 Å². The van der Waals surface area contributed by atoms with E-state index in [2.05, 4.69) is 26.2 Å². The van der Waals surface area contributed by atoms with Gasteiger partial charge in [-0.15, -0.1) is 0 Å². The third-order valence-corrected chi connectivity index (χ3v) is 4.59. The van der Waals surface area contributed by atoms with Crippen LogP contribution < -0.4 is 10.9 Å². The highest BCUT2D eigenvalue weighted by Crippen LogP contribution is 2.17. The number of hydrogen-bond donors (Lipinski definition) is 2. The molecule has 0 saturated heterocycles. The molecule has 1 amide bonds. The minimum Gasteiger partial charge on any atom is -0.361 e. The maximum absolute atomic E-state index is 12.1. The van der Waals surface area contributed by atoms with Gasteiger partial charge in [-0.3, -0.25) is 9.59 Å². The van der Waals surface area contributed by atoms with Crippen molar-refractivity contribution in [2.45, 2.75) is 25.8 Å². The largest absolute Gasteiger partial charge is 0.361 e. The highest BCUT2D eigenvalue weighted by atomic mass is 79.9. The fourth-order valence-corrected chi connectivity index (χ4v) is 3.20. The molecule has 0 aliphatic heterocycles. The average Bonchev–Trinajstić information content (AvgIpc) is 3.00. The maximum Gasteiger partial charge on any atom is 0.250 e. The number of carbonyl (C=O) groups excluding carboxylic acids is 1. The van der Waals surface area contributed by atoms with Crippen molar-refractivity contribution >= 4 is 32.7 Å². The van der Waals surface area contributed by atoms with E-state index in [9.17, 15) is 9.59 Å². The number of nitrogens with zero attached hydrogens (tertiary/aromatic N) is 1. The van der Waals surface area contributed by atoms with Gasteiger partial charge in [0.2, 0.25) is 5.91 Å². The van der Waals surface area contributed by atoms with E-state index in [0.29, 0.717) is 19.5 Å². The first kappa shape index (κ1) is 17.5. The van der Waals surface area contributed by atoms with Gasteiger partial charge in [-0.1, -0.05) is 18.2 Å². The Morgan fingerprint density at radius 3 is 2.88 bits per heavy atom. The number of para-hydroxylation sites is 1. The van der Waals surface area contributed by atoms with Gasteiger partial charge in [0.25, 0.3) is 5.56 Å². The second-order valence-electron chi connectivity index (χ2n) is 5.97. The van der Waals surface area contributed by atoms with E-state index in [1.807, 2.05) is 30.5 Å². The molecule has 130 valence electrons. The number of aryl methyl sites for hydroxylation is 1. The van der Waals surface area contributed by atoms with Gasteiger partial charge in [0.1, 0.15) is 0 Å².